The highest BCUT2D eigenvalue weighted by molar-refractivity contribution is 5.98. The average Bonchev–Trinajstić information content (AvgIpc) is 2.45. The van der Waals surface area contributed by atoms with E-state index >= 15 is 0 Å². The number of nitrogens with two attached hydrogens (primary N) is 1. The SMILES string of the molecule is Cc1nccc(CNC(=O)c2cccnc2NN)n1. The number of aryl methyl sites for hydroxylation is 1. The molecule has 0 radical (unpaired) electrons. The molecule has 0 aromatic carbocycles. The van der Waals surface area contributed by atoms with Gasteiger partial charge in [0.2, 0.25) is 0 Å². The van der Waals surface area contributed by atoms with Crippen LogP contribution in [0.4, 0.5) is 5.82 Å². The molecule has 0 saturated heterocycles. The normalized spacial score (nSPS) is 10.0. The number of nitrogens with one attached hydrogen (secondary N) is 2. The lowest BCUT2D eigenvalue weighted by Crippen LogP contribution is -2.25. The molecule has 0 aliphatic rings. The van der Waals surface area contributed by atoms with E-state index in [1.165, 1.54) is 0 Å². The molecule has 0 spiro atoms. The number of carbonyl (C=O) groups is 1. The van der Waals surface area contributed by atoms with E-state index in [2.05, 4.69) is 25.7 Å². The van der Waals surface area contributed by atoms with Crippen molar-refractivity contribution in [1.82, 2.24) is 20.3 Å². The van der Waals surface area contributed by atoms with Gasteiger partial charge < -0.3 is 10.7 Å². The zero-order valence-corrected chi connectivity index (χ0v) is 10.4. The maximum absolute atomic E-state index is 12.0. The number of amides is 1. The molecule has 0 unspecified atom stereocenters. The number of rotatable bonds is 4. The van der Waals surface area contributed by atoms with Crippen LogP contribution in [-0.4, -0.2) is 20.9 Å². The highest BCUT2D eigenvalue weighted by Crippen LogP contribution is 2.09. The van der Waals surface area contributed by atoms with Crippen molar-refractivity contribution in [2.75, 3.05) is 5.43 Å². The number of carbonyl (C=O) groups excluding carboxylic acids is 1. The first kappa shape index (κ1) is 12.9. The van der Waals surface area contributed by atoms with Crippen molar-refractivity contribution in [3.8, 4) is 0 Å². The van der Waals surface area contributed by atoms with Crippen LogP contribution in [0.1, 0.15) is 21.9 Å². The van der Waals surface area contributed by atoms with Gasteiger partial charge in [0.25, 0.3) is 5.91 Å². The van der Waals surface area contributed by atoms with Crippen LogP contribution in [0.5, 0.6) is 0 Å². The number of hydrogen-bond donors (Lipinski definition) is 3. The summed E-state index contributed by atoms with van der Waals surface area (Å²) in [5, 5.41) is 2.75. The Morgan fingerprint density at radius 2 is 2.16 bits per heavy atom. The van der Waals surface area contributed by atoms with Crippen LogP contribution in [0.2, 0.25) is 0 Å². The van der Waals surface area contributed by atoms with E-state index in [0.717, 1.165) is 5.69 Å². The molecule has 0 aliphatic carbocycles. The van der Waals surface area contributed by atoms with Crippen molar-refractivity contribution in [2.45, 2.75) is 13.5 Å². The standard InChI is InChI=1S/C12H14N6O/c1-8-14-6-4-9(17-8)7-16-12(19)10-3-2-5-15-11(10)18-13/h2-6H,7,13H2,1H3,(H,15,18)(H,16,19). The first-order valence-corrected chi connectivity index (χ1v) is 5.69. The molecule has 0 bridgehead atoms. The molecule has 2 aromatic heterocycles. The lowest BCUT2D eigenvalue weighted by molar-refractivity contribution is 0.0951. The summed E-state index contributed by atoms with van der Waals surface area (Å²) in [4.78, 5) is 24.1. The van der Waals surface area contributed by atoms with E-state index in [-0.39, 0.29) is 5.91 Å². The predicted octanol–water partition coefficient (Wildman–Crippen LogP) is 0.396. The number of nitrogens with zero attached hydrogens (tertiary/aromatic N) is 3. The zero-order valence-electron chi connectivity index (χ0n) is 10.4. The van der Waals surface area contributed by atoms with Gasteiger partial charge in [-0.2, -0.15) is 0 Å². The Morgan fingerprint density at radius 1 is 1.32 bits per heavy atom. The van der Waals surface area contributed by atoms with Crippen LogP contribution < -0.4 is 16.6 Å². The molecule has 2 heterocycles. The van der Waals surface area contributed by atoms with Crippen molar-refractivity contribution in [1.29, 1.82) is 0 Å². The third kappa shape index (κ3) is 3.23. The molecule has 4 N–H and O–H groups in total. The van der Waals surface area contributed by atoms with E-state index in [9.17, 15) is 4.79 Å². The Morgan fingerprint density at radius 3 is 2.89 bits per heavy atom. The van der Waals surface area contributed by atoms with Gasteiger partial charge in [0, 0.05) is 12.4 Å². The minimum atomic E-state index is -0.266. The monoisotopic (exact) mass is 258 g/mol. The molecular formula is C12H14N6O. The Labute approximate surface area is 110 Å². The zero-order chi connectivity index (χ0) is 13.7. The molecule has 2 rings (SSSR count). The van der Waals surface area contributed by atoms with Crippen molar-refractivity contribution in [3.05, 3.63) is 47.7 Å². The van der Waals surface area contributed by atoms with Crippen molar-refractivity contribution >= 4 is 11.7 Å². The van der Waals surface area contributed by atoms with Gasteiger partial charge in [-0.1, -0.05) is 0 Å². The predicted molar refractivity (Wildman–Crippen MR) is 70.0 cm³/mol. The first-order chi connectivity index (χ1) is 9.20. The van der Waals surface area contributed by atoms with Crippen molar-refractivity contribution < 1.29 is 4.79 Å². The van der Waals surface area contributed by atoms with E-state index in [1.807, 2.05) is 0 Å². The third-order valence-corrected chi connectivity index (χ3v) is 2.45. The number of aromatic nitrogens is 3. The highest BCUT2D eigenvalue weighted by atomic mass is 16.1. The molecule has 0 saturated carbocycles. The first-order valence-electron chi connectivity index (χ1n) is 5.69. The van der Waals surface area contributed by atoms with Crippen LogP contribution in [0, 0.1) is 6.92 Å². The summed E-state index contributed by atoms with van der Waals surface area (Å²) in [6.45, 7) is 2.12. The molecule has 7 nitrogen and oxygen atoms in total. The quantitative estimate of drug-likeness (QED) is 0.541. The van der Waals surface area contributed by atoms with E-state index in [0.29, 0.717) is 23.8 Å². The van der Waals surface area contributed by atoms with Crippen molar-refractivity contribution in [2.24, 2.45) is 5.84 Å². The smallest absolute Gasteiger partial charge is 0.255 e. The van der Waals surface area contributed by atoms with Gasteiger partial charge in [0.1, 0.15) is 5.82 Å². The topological polar surface area (TPSA) is 106 Å². The minimum Gasteiger partial charge on any atom is -0.346 e. The van der Waals surface area contributed by atoms with Gasteiger partial charge in [-0.15, -0.1) is 0 Å². The van der Waals surface area contributed by atoms with Crippen LogP contribution in [-0.2, 0) is 6.54 Å². The van der Waals surface area contributed by atoms with Crippen LogP contribution in [0.25, 0.3) is 0 Å². The fourth-order valence-electron chi connectivity index (χ4n) is 1.57. The van der Waals surface area contributed by atoms with Gasteiger partial charge in [-0.25, -0.2) is 20.8 Å². The molecule has 1 amide bonds. The van der Waals surface area contributed by atoms with Gasteiger partial charge in [0.05, 0.1) is 17.8 Å². The summed E-state index contributed by atoms with van der Waals surface area (Å²) in [7, 11) is 0. The third-order valence-electron chi connectivity index (χ3n) is 2.45. The van der Waals surface area contributed by atoms with Gasteiger partial charge in [0.15, 0.2) is 5.82 Å². The summed E-state index contributed by atoms with van der Waals surface area (Å²) >= 11 is 0. The summed E-state index contributed by atoms with van der Waals surface area (Å²) in [6.07, 6.45) is 3.21. The minimum absolute atomic E-state index is 0.266. The largest absolute Gasteiger partial charge is 0.346 e. The number of pyridine rings is 1. The maximum atomic E-state index is 12.0. The Balaban J connectivity index is 2.05. The molecule has 2 aromatic rings. The molecule has 0 aliphatic heterocycles. The lowest BCUT2D eigenvalue weighted by Gasteiger charge is -2.08. The number of anilines is 1. The Hall–Kier alpha value is -2.54. The molecule has 0 atom stereocenters. The molecule has 7 heteroatoms. The summed E-state index contributed by atoms with van der Waals surface area (Å²) in [6, 6.07) is 5.06. The maximum Gasteiger partial charge on any atom is 0.255 e. The van der Waals surface area contributed by atoms with Gasteiger partial charge in [-0.3, -0.25) is 4.79 Å². The molecule has 98 valence electrons. The van der Waals surface area contributed by atoms with Crippen molar-refractivity contribution in [3.63, 3.8) is 0 Å². The molecule has 0 fully saturated rings. The van der Waals surface area contributed by atoms with Gasteiger partial charge >= 0.3 is 0 Å². The summed E-state index contributed by atoms with van der Waals surface area (Å²) in [5.74, 6) is 6.03. The lowest BCUT2D eigenvalue weighted by atomic mass is 10.2. The second-order valence-corrected chi connectivity index (χ2v) is 3.82. The van der Waals surface area contributed by atoms with Crippen LogP contribution in [0.15, 0.2) is 30.6 Å². The number of hydrazine groups is 1. The summed E-state index contributed by atoms with van der Waals surface area (Å²) < 4.78 is 0. The molecule has 19 heavy (non-hydrogen) atoms. The fourth-order valence-corrected chi connectivity index (χ4v) is 1.57. The molecular weight excluding hydrogens is 244 g/mol. The number of nitrogen functional groups attached to an aromatic ring is 1. The van der Waals surface area contributed by atoms with E-state index in [4.69, 9.17) is 5.84 Å². The fraction of sp³-hybridized carbons (Fsp3) is 0.167. The van der Waals surface area contributed by atoms with E-state index < -0.39 is 0 Å². The second-order valence-electron chi connectivity index (χ2n) is 3.82. The highest BCUT2D eigenvalue weighted by Gasteiger charge is 2.11. The Bertz CT molecular complexity index is 586. The second kappa shape index (κ2) is 5.87. The van der Waals surface area contributed by atoms with E-state index in [1.54, 1.807) is 37.5 Å². The van der Waals surface area contributed by atoms with Crippen LogP contribution >= 0.6 is 0 Å². The van der Waals surface area contributed by atoms with Crippen LogP contribution in [0.3, 0.4) is 0 Å². The Kier molecular flexibility index (Phi) is 3.99. The van der Waals surface area contributed by atoms with Gasteiger partial charge in [-0.05, 0) is 25.1 Å². The number of hydrogen-bond acceptors (Lipinski definition) is 6. The summed E-state index contributed by atoms with van der Waals surface area (Å²) in [5.41, 5.74) is 3.51. The average molecular weight is 258 g/mol.